The number of imidazole rings is 1. The fourth-order valence-corrected chi connectivity index (χ4v) is 4.36. The van der Waals surface area contributed by atoms with Gasteiger partial charge in [-0.05, 0) is 57.2 Å². The van der Waals surface area contributed by atoms with Crippen molar-refractivity contribution in [1.82, 2.24) is 24.8 Å². The number of aryl methyl sites for hydroxylation is 1. The highest BCUT2D eigenvalue weighted by Crippen LogP contribution is 2.29. The lowest BCUT2D eigenvalue weighted by molar-refractivity contribution is -0.148. The number of benzene rings is 1. The largest absolute Gasteiger partial charge is 0.466 e. The third-order valence-electron chi connectivity index (χ3n) is 6.30. The van der Waals surface area contributed by atoms with Gasteiger partial charge in [0, 0.05) is 24.7 Å². The summed E-state index contributed by atoms with van der Waals surface area (Å²) in [6, 6.07) is 5.97. The second-order valence-electron chi connectivity index (χ2n) is 8.77. The molecule has 1 saturated carbocycles. The topological polar surface area (TPSA) is 102 Å². The van der Waals surface area contributed by atoms with Gasteiger partial charge in [0.1, 0.15) is 12.7 Å². The average molecular weight is 449 g/mol. The molecule has 1 aliphatic heterocycles. The number of rotatable bonds is 6. The van der Waals surface area contributed by atoms with E-state index in [1.807, 2.05) is 36.6 Å². The molecule has 33 heavy (non-hydrogen) atoms. The van der Waals surface area contributed by atoms with Crippen LogP contribution in [0.4, 0.5) is 5.82 Å². The monoisotopic (exact) mass is 448 g/mol. The van der Waals surface area contributed by atoms with E-state index in [-0.39, 0.29) is 17.8 Å². The zero-order chi connectivity index (χ0) is 22.9. The fourth-order valence-electron chi connectivity index (χ4n) is 4.36. The van der Waals surface area contributed by atoms with E-state index in [4.69, 9.17) is 4.74 Å². The molecule has 5 rings (SSSR count). The number of fused-ring (bicyclic) bond motifs is 1. The second-order valence-corrected chi connectivity index (χ2v) is 8.77. The molecule has 2 aliphatic rings. The average Bonchev–Trinajstić information content (AvgIpc) is 3.54. The van der Waals surface area contributed by atoms with E-state index in [2.05, 4.69) is 25.2 Å². The number of ether oxygens (including phenoxy) is 1. The molecule has 1 N–H and O–H groups in total. The van der Waals surface area contributed by atoms with Gasteiger partial charge in [-0.3, -0.25) is 14.2 Å². The quantitative estimate of drug-likeness (QED) is 0.579. The fraction of sp³-hybridized carbons (Fsp3) is 0.458. The Hall–Kier alpha value is -3.49. The van der Waals surface area contributed by atoms with Gasteiger partial charge in [-0.25, -0.2) is 15.0 Å². The minimum absolute atomic E-state index is 0.0585. The number of nitrogens with one attached hydrogen (secondary N) is 1. The van der Waals surface area contributed by atoms with Crippen molar-refractivity contribution in [1.29, 1.82) is 0 Å². The SMILES string of the molecule is CCOC(=O)C1CCCN(c2ncnc3c2ncn3-c2cc(C(=O)NC3CC3)ccc2C)C1. The molecule has 3 heterocycles. The summed E-state index contributed by atoms with van der Waals surface area (Å²) in [5.41, 5.74) is 3.83. The summed E-state index contributed by atoms with van der Waals surface area (Å²) in [6.07, 6.45) is 7.04. The minimum atomic E-state index is -0.172. The van der Waals surface area contributed by atoms with Crippen LogP contribution < -0.4 is 10.2 Å². The van der Waals surface area contributed by atoms with Crippen LogP contribution in [0.25, 0.3) is 16.9 Å². The Morgan fingerprint density at radius 1 is 1.18 bits per heavy atom. The van der Waals surface area contributed by atoms with Crippen molar-refractivity contribution in [2.75, 3.05) is 24.6 Å². The predicted octanol–water partition coefficient (Wildman–Crippen LogP) is 2.80. The molecule has 2 aromatic heterocycles. The minimum Gasteiger partial charge on any atom is -0.466 e. The van der Waals surface area contributed by atoms with Crippen LogP contribution >= 0.6 is 0 Å². The van der Waals surface area contributed by atoms with Crippen molar-refractivity contribution >= 4 is 28.9 Å². The van der Waals surface area contributed by atoms with Crippen LogP contribution in [-0.4, -0.2) is 57.1 Å². The van der Waals surface area contributed by atoms with Crippen LogP contribution in [0.15, 0.2) is 30.9 Å². The molecule has 1 atom stereocenters. The van der Waals surface area contributed by atoms with E-state index in [0.717, 1.165) is 43.5 Å². The first kappa shape index (κ1) is 21.4. The van der Waals surface area contributed by atoms with Crippen LogP contribution in [-0.2, 0) is 9.53 Å². The van der Waals surface area contributed by atoms with Crippen LogP contribution in [0.5, 0.6) is 0 Å². The van der Waals surface area contributed by atoms with Gasteiger partial charge in [0.2, 0.25) is 0 Å². The molecule has 0 spiro atoms. The first-order valence-corrected chi connectivity index (χ1v) is 11.6. The van der Waals surface area contributed by atoms with E-state index in [9.17, 15) is 9.59 Å². The maximum Gasteiger partial charge on any atom is 0.310 e. The first-order valence-electron chi connectivity index (χ1n) is 11.6. The zero-order valence-corrected chi connectivity index (χ0v) is 19.0. The number of carbonyl (C=O) groups excluding carboxylic acids is 2. The van der Waals surface area contributed by atoms with Crippen molar-refractivity contribution in [3.05, 3.63) is 42.0 Å². The van der Waals surface area contributed by atoms with Gasteiger partial charge >= 0.3 is 5.97 Å². The Morgan fingerprint density at radius 2 is 2.03 bits per heavy atom. The Bertz CT molecular complexity index is 1200. The number of esters is 1. The molecule has 1 saturated heterocycles. The zero-order valence-electron chi connectivity index (χ0n) is 19.0. The number of carbonyl (C=O) groups is 2. The predicted molar refractivity (Wildman–Crippen MR) is 123 cm³/mol. The Kier molecular flexibility index (Phi) is 5.70. The maximum absolute atomic E-state index is 12.6. The lowest BCUT2D eigenvalue weighted by Gasteiger charge is -2.32. The van der Waals surface area contributed by atoms with Gasteiger partial charge in [-0.15, -0.1) is 0 Å². The van der Waals surface area contributed by atoms with E-state index >= 15 is 0 Å². The van der Waals surface area contributed by atoms with Crippen molar-refractivity contribution in [2.45, 2.75) is 45.6 Å². The number of aromatic nitrogens is 4. The lowest BCUT2D eigenvalue weighted by Crippen LogP contribution is -2.40. The van der Waals surface area contributed by atoms with Gasteiger partial charge < -0.3 is 15.0 Å². The summed E-state index contributed by atoms with van der Waals surface area (Å²) < 4.78 is 7.14. The lowest BCUT2D eigenvalue weighted by atomic mass is 9.98. The van der Waals surface area contributed by atoms with Gasteiger partial charge in [0.05, 0.1) is 18.2 Å². The van der Waals surface area contributed by atoms with Gasteiger partial charge in [0.25, 0.3) is 5.91 Å². The molecule has 0 bridgehead atoms. The molecule has 0 radical (unpaired) electrons. The maximum atomic E-state index is 12.6. The third-order valence-corrected chi connectivity index (χ3v) is 6.30. The number of anilines is 1. The van der Waals surface area contributed by atoms with Gasteiger partial charge in [-0.1, -0.05) is 6.07 Å². The Morgan fingerprint density at radius 3 is 2.82 bits per heavy atom. The number of nitrogens with zero attached hydrogens (tertiary/aromatic N) is 5. The van der Waals surface area contributed by atoms with Gasteiger partial charge in [-0.2, -0.15) is 0 Å². The summed E-state index contributed by atoms with van der Waals surface area (Å²) in [5.74, 6) is 0.328. The van der Waals surface area contributed by atoms with Gasteiger partial charge in [0.15, 0.2) is 17.0 Å². The first-order chi connectivity index (χ1) is 16.0. The number of piperidine rings is 1. The van der Waals surface area contributed by atoms with Crippen LogP contribution in [0.3, 0.4) is 0 Å². The molecule has 2 fully saturated rings. The molecule has 9 nitrogen and oxygen atoms in total. The third kappa shape index (κ3) is 4.27. The highest BCUT2D eigenvalue weighted by molar-refractivity contribution is 5.95. The molecular weight excluding hydrogens is 420 g/mol. The van der Waals surface area contributed by atoms with Crippen LogP contribution in [0, 0.1) is 12.8 Å². The van der Waals surface area contributed by atoms with Crippen LogP contribution in [0.2, 0.25) is 0 Å². The van der Waals surface area contributed by atoms with Crippen molar-refractivity contribution in [3.8, 4) is 5.69 Å². The summed E-state index contributed by atoms with van der Waals surface area (Å²) in [5, 5.41) is 3.04. The molecule has 1 unspecified atom stereocenters. The molecule has 1 aromatic carbocycles. The number of amides is 1. The highest BCUT2D eigenvalue weighted by atomic mass is 16.5. The Balaban J connectivity index is 1.47. The van der Waals surface area contributed by atoms with E-state index in [0.29, 0.717) is 41.7 Å². The Labute approximate surface area is 192 Å². The van der Waals surface area contributed by atoms with E-state index in [1.165, 1.54) is 6.33 Å². The van der Waals surface area contributed by atoms with Crippen molar-refractivity contribution < 1.29 is 14.3 Å². The molecular formula is C24H28N6O3. The number of hydrogen-bond donors (Lipinski definition) is 1. The van der Waals surface area contributed by atoms with Crippen molar-refractivity contribution in [2.24, 2.45) is 5.92 Å². The summed E-state index contributed by atoms with van der Waals surface area (Å²) in [7, 11) is 0. The molecule has 1 amide bonds. The summed E-state index contributed by atoms with van der Waals surface area (Å²) in [6.45, 7) is 5.55. The normalized spacial score (nSPS) is 18.4. The van der Waals surface area contributed by atoms with Crippen LogP contribution in [0.1, 0.15) is 48.5 Å². The molecule has 9 heteroatoms. The second kappa shape index (κ2) is 8.80. The smallest absolute Gasteiger partial charge is 0.310 e. The standard InChI is InChI=1S/C24H28N6O3/c1-3-33-24(32)17-5-4-10-29(12-17)21-20-22(26-13-25-21)30(14-27-20)19-11-16(7-6-15(19)2)23(31)28-18-8-9-18/h6-7,11,13-14,17-18H,3-5,8-10,12H2,1-2H3,(H,28,31). The molecule has 1 aliphatic carbocycles. The van der Waals surface area contributed by atoms with E-state index < -0.39 is 0 Å². The summed E-state index contributed by atoms with van der Waals surface area (Å²) in [4.78, 5) is 40.6. The molecule has 172 valence electrons. The van der Waals surface area contributed by atoms with Crippen molar-refractivity contribution in [3.63, 3.8) is 0 Å². The highest BCUT2D eigenvalue weighted by Gasteiger charge is 2.29. The number of hydrogen-bond acceptors (Lipinski definition) is 7. The molecule has 3 aromatic rings. The van der Waals surface area contributed by atoms with E-state index in [1.54, 1.807) is 6.33 Å². The summed E-state index contributed by atoms with van der Waals surface area (Å²) >= 11 is 0.